The lowest BCUT2D eigenvalue weighted by Gasteiger charge is -2.07. The summed E-state index contributed by atoms with van der Waals surface area (Å²) in [5, 5.41) is 4.84. The molecule has 6 heteroatoms. The van der Waals surface area contributed by atoms with Gasteiger partial charge in [-0.25, -0.2) is 8.42 Å². The summed E-state index contributed by atoms with van der Waals surface area (Å²) in [5.41, 5.74) is 0.693. The Labute approximate surface area is 161 Å². The maximum absolute atomic E-state index is 12.7. The van der Waals surface area contributed by atoms with Crippen molar-refractivity contribution in [2.75, 3.05) is 5.32 Å². The van der Waals surface area contributed by atoms with Crippen LogP contribution in [0.2, 0.25) is 0 Å². The summed E-state index contributed by atoms with van der Waals surface area (Å²) in [6.45, 7) is 0. The zero-order valence-corrected chi connectivity index (χ0v) is 15.8. The van der Waals surface area contributed by atoms with Crippen molar-refractivity contribution < 1.29 is 13.2 Å². The van der Waals surface area contributed by atoms with E-state index in [1.54, 1.807) is 36.4 Å². The molecule has 0 aliphatic heterocycles. The summed E-state index contributed by atoms with van der Waals surface area (Å²) in [5.74, 6) is -0.328. The largest absolute Gasteiger partial charge is 0.321 e. The smallest absolute Gasteiger partial charge is 0.265 e. The highest BCUT2D eigenvalue weighted by molar-refractivity contribution is 7.93. The fraction of sp³-hybridized carbons (Fsp3) is 0. The zero-order valence-electron chi connectivity index (χ0n) is 14.1. The van der Waals surface area contributed by atoms with Crippen LogP contribution in [0.3, 0.4) is 0 Å². The number of amides is 1. The Balaban J connectivity index is 1.63. The van der Waals surface area contributed by atoms with E-state index in [0.29, 0.717) is 10.6 Å². The second-order valence-electron chi connectivity index (χ2n) is 5.92. The van der Waals surface area contributed by atoms with Gasteiger partial charge in [0.2, 0.25) is 9.84 Å². The van der Waals surface area contributed by atoms with Crippen molar-refractivity contribution in [1.82, 2.24) is 0 Å². The van der Waals surface area contributed by atoms with Crippen LogP contribution < -0.4 is 5.32 Å². The molecule has 1 N–H and O–H groups in total. The maximum atomic E-state index is 12.7. The molecule has 134 valence electrons. The number of anilines is 1. The van der Waals surface area contributed by atoms with Gasteiger partial charge in [-0.05, 0) is 35.7 Å². The van der Waals surface area contributed by atoms with Gasteiger partial charge in [0.05, 0.1) is 9.77 Å². The molecule has 0 saturated heterocycles. The Morgan fingerprint density at radius 3 is 2.30 bits per heavy atom. The first-order valence-electron chi connectivity index (χ1n) is 8.25. The van der Waals surface area contributed by atoms with E-state index in [2.05, 4.69) is 5.32 Å². The highest BCUT2D eigenvalue weighted by atomic mass is 32.2. The standard InChI is InChI=1S/C21H15NO3S2/c23-21(22-18-12-6-8-15-7-4-5-11-17(15)18)19-13-14-20(26-19)27(24,25)16-9-2-1-3-10-16/h1-14H,(H,22,23). The average Bonchev–Trinajstić information content (AvgIpc) is 3.20. The predicted octanol–water partition coefficient (Wildman–Crippen LogP) is 4.99. The quantitative estimate of drug-likeness (QED) is 0.531. The second kappa shape index (κ2) is 6.98. The van der Waals surface area contributed by atoms with Gasteiger partial charge in [-0.1, -0.05) is 54.6 Å². The van der Waals surface area contributed by atoms with E-state index in [4.69, 9.17) is 0 Å². The van der Waals surface area contributed by atoms with Crippen LogP contribution in [0.5, 0.6) is 0 Å². The SMILES string of the molecule is O=C(Nc1cccc2ccccc12)c1ccc(S(=O)(=O)c2ccccc2)s1. The molecule has 4 nitrogen and oxygen atoms in total. The first kappa shape index (κ1) is 17.5. The molecule has 0 radical (unpaired) electrons. The van der Waals surface area contributed by atoms with Gasteiger partial charge >= 0.3 is 0 Å². The number of rotatable bonds is 4. The summed E-state index contributed by atoms with van der Waals surface area (Å²) in [6.07, 6.45) is 0. The van der Waals surface area contributed by atoms with Gasteiger partial charge in [-0.2, -0.15) is 0 Å². The monoisotopic (exact) mass is 393 g/mol. The van der Waals surface area contributed by atoms with Gasteiger partial charge in [0.1, 0.15) is 4.21 Å². The molecular weight excluding hydrogens is 378 g/mol. The topological polar surface area (TPSA) is 63.2 Å². The molecule has 0 spiro atoms. The summed E-state index contributed by atoms with van der Waals surface area (Å²) >= 11 is 0.967. The van der Waals surface area contributed by atoms with Gasteiger partial charge in [0, 0.05) is 11.1 Å². The third-order valence-corrected chi connectivity index (χ3v) is 7.51. The number of thiophene rings is 1. The predicted molar refractivity (Wildman–Crippen MR) is 108 cm³/mol. The van der Waals surface area contributed by atoms with Crippen LogP contribution in [-0.2, 0) is 9.84 Å². The van der Waals surface area contributed by atoms with Crippen molar-refractivity contribution in [3.63, 3.8) is 0 Å². The fourth-order valence-electron chi connectivity index (χ4n) is 2.82. The summed E-state index contributed by atoms with van der Waals surface area (Å²) in [7, 11) is -3.62. The molecule has 4 rings (SSSR count). The molecule has 0 aliphatic rings. The Morgan fingerprint density at radius 1 is 0.778 bits per heavy atom. The van der Waals surface area contributed by atoms with Crippen LogP contribution >= 0.6 is 11.3 Å². The van der Waals surface area contributed by atoms with E-state index < -0.39 is 9.84 Å². The van der Waals surface area contributed by atoms with E-state index in [0.717, 1.165) is 22.1 Å². The Bertz CT molecular complexity index is 1220. The molecule has 1 heterocycles. The normalized spacial score (nSPS) is 11.4. The second-order valence-corrected chi connectivity index (χ2v) is 9.18. The Kier molecular flexibility index (Phi) is 4.51. The van der Waals surface area contributed by atoms with Crippen LogP contribution in [-0.4, -0.2) is 14.3 Å². The van der Waals surface area contributed by atoms with Gasteiger partial charge < -0.3 is 5.32 Å². The van der Waals surface area contributed by atoms with E-state index in [1.165, 1.54) is 6.07 Å². The Morgan fingerprint density at radius 2 is 1.48 bits per heavy atom. The first-order valence-corrected chi connectivity index (χ1v) is 10.5. The molecule has 0 atom stereocenters. The maximum Gasteiger partial charge on any atom is 0.265 e. The average molecular weight is 393 g/mol. The third-order valence-electron chi connectivity index (χ3n) is 4.16. The number of fused-ring (bicyclic) bond motifs is 1. The van der Waals surface area contributed by atoms with Crippen LogP contribution in [0.15, 0.2) is 94.0 Å². The van der Waals surface area contributed by atoms with Crippen molar-refractivity contribution in [3.8, 4) is 0 Å². The summed E-state index contributed by atoms with van der Waals surface area (Å²) < 4.78 is 25.5. The first-order chi connectivity index (χ1) is 13.1. The van der Waals surface area contributed by atoms with E-state index in [-0.39, 0.29) is 15.0 Å². The zero-order chi connectivity index (χ0) is 18.9. The highest BCUT2D eigenvalue weighted by Crippen LogP contribution is 2.29. The van der Waals surface area contributed by atoms with Crippen LogP contribution in [0.25, 0.3) is 10.8 Å². The van der Waals surface area contributed by atoms with E-state index >= 15 is 0 Å². The lowest BCUT2D eigenvalue weighted by Crippen LogP contribution is -2.10. The molecule has 3 aromatic carbocycles. The molecule has 4 aromatic rings. The molecule has 0 fully saturated rings. The van der Waals surface area contributed by atoms with Crippen molar-refractivity contribution in [2.45, 2.75) is 9.10 Å². The molecule has 27 heavy (non-hydrogen) atoms. The number of nitrogens with one attached hydrogen (secondary N) is 1. The minimum atomic E-state index is -3.62. The van der Waals surface area contributed by atoms with Crippen molar-refractivity contribution >= 4 is 43.5 Å². The number of carbonyl (C=O) groups is 1. The molecule has 1 aromatic heterocycles. The third kappa shape index (κ3) is 3.37. The minimum absolute atomic E-state index is 0.150. The van der Waals surface area contributed by atoms with Crippen molar-refractivity contribution in [3.05, 3.63) is 89.8 Å². The van der Waals surface area contributed by atoms with Gasteiger partial charge in [-0.15, -0.1) is 11.3 Å². The van der Waals surface area contributed by atoms with Crippen LogP contribution in [0.4, 0.5) is 5.69 Å². The van der Waals surface area contributed by atoms with Crippen LogP contribution in [0.1, 0.15) is 9.67 Å². The lowest BCUT2D eigenvalue weighted by atomic mass is 10.1. The lowest BCUT2D eigenvalue weighted by molar-refractivity contribution is 0.103. The number of hydrogen-bond donors (Lipinski definition) is 1. The number of hydrogen-bond acceptors (Lipinski definition) is 4. The Hall–Kier alpha value is -2.96. The van der Waals surface area contributed by atoms with Gasteiger partial charge in [0.15, 0.2) is 0 Å². The number of sulfone groups is 1. The molecular formula is C21H15NO3S2. The van der Waals surface area contributed by atoms with Crippen molar-refractivity contribution in [1.29, 1.82) is 0 Å². The van der Waals surface area contributed by atoms with E-state index in [1.807, 2.05) is 42.5 Å². The molecule has 0 bridgehead atoms. The minimum Gasteiger partial charge on any atom is -0.321 e. The van der Waals surface area contributed by atoms with Gasteiger partial charge in [0.25, 0.3) is 5.91 Å². The fourth-order valence-corrected chi connectivity index (χ4v) is 5.45. The molecule has 1 amide bonds. The number of carbonyl (C=O) groups excluding carboxylic acids is 1. The summed E-state index contributed by atoms with van der Waals surface area (Å²) in [4.78, 5) is 13.2. The van der Waals surface area contributed by atoms with E-state index in [9.17, 15) is 13.2 Å². The van der Waals surface area contributed by atoms with Gasteiger partial charge in [-0.3, -0.25) is 4.79 Å². The molecule has 0 aliphatic carbocycles. The molecule has 0 saturated carbocycles. The highest BCUT2D eigenvalue weighted by Gasteiger charge is 2.21. The van der Waals surface area contributed by atoms with Crippen molar-refractivity contribution in [2.24, 2.45) is 0 Å². The van der Waals surface area contributed by atoms with Crippen LogP contribution in [0, 0.1) is 0 Å². The molecule has 0 unspecified atom stereocenters. The number of benzene rings is 3. The summed E-state index contributed by atoms with van der Waals surface area (Å²) in [6, 6.07) is 24.7.